The quantitative estimate of drug-likeness (QED) is 0.283. The van der Waals surface area contributed by atoms with E-state index in [0.29, 0.717) is 16.6 Å². The van der Waals surface area contributed by atoms with Crippen LogP contribution in [-0.4, -0.2) is 27.4 Å². The van der Waals surface area contributed by atoms with Crippen molar-refractivity contribution in [1.82, 2.24) is 9.97 Å². The number of carboxylic acids is 1. The third-order valence-electron chi connectivity index (χ3n) is 5.06. The van der Waals surface area contributed by atoms with Gasteiger partial charge in [0.1, 0.15) is 18.1 Å². The Kier molecular flexibility index (Phi) is 6.53. The lowest BCUT2D eigenvalue weighted by molar-refractivity contribution is -0.274. The minimum Gasteiger partial charge on any atom is -0.489 e. The number of hydrogen-bond donors (Lipinski definition) is 2. The van der Waals surface area contributed by atoms with Crippen LogP contribution < -0.4 is 9.47 Å². The molecule has 0 amide bonds. The number of aliphatic carboxylic acids is 1. The molecule has 0 aliphatic heterocycles. The van der Waals surface area contributed by atoms with Crippen LogP contribution in [0.2, 0.25) is 0 Å². The van der Waals surface area contributed by atoms with Gasteiger partial charge in [0.2, 0.25) is 0 Å². The molecular formula is C24H16F6N2O4. The van der Waals surface area contributed by atoms with Crippen LogP contribution in [0.3, 0.4) is 0 Å². The van der Waals surface area contributed by atoms with Gasteiger partial charge in [-0.05, 0) is 53.9 Å². The van der Waals surface area contributed by atoms with E-state index in [4.69, 9.17) is 9.84 Å². The molecule has 2 aromatic heterocycles. The molecule has 2 N–H and O–H groups in total. The van der Waals surface area contributed by atoms with Crippen LogP contribution in [0.5, 0.6) is 11.5 Å². The number of pyridine rings is 1. The average molecular weight is 510 g/mol. The van der Waals surface area contributed by atoms with E-state index in [-0.39, 0.29) is 29.0 Å². The van der Waals surface area contributed by atoms with Crippen LogP contribution in [-0.2, 0) is 24.0 Å². The summed E-state index contributed by atoms with van der Waals surface area (Å²) in [5, 5.41) is 9.62. The number of rotatable bonds is 7. The van der Waals surface area contributed by atoms with Crippen molar-refractivity contribution in [2.75, 3.05) is 0 Å². The van der Waals surface area contributed by atoms with E-state index >= 15 is 0 Å². The normalized spacial score (nSPS) is 12.1. The number of nitrogens with zero attached hydrogens (tertiary/aromatic N) is 1. The molecule has 4 rings (SSSR count). The summed E-state index contributed by atoms with van der Waals surface area (Å²) in [4.78, 5) is 17.8. The lowest BCUT2D eigenvalue weighted by Crippen LogP contribution is -2.17. The van der Waals surface area contributed by atoms with Crippen molar-refractivity contribution < 1.29 is 45.7 Å². The Morgan fingerprint density at radius 3 is 2.28 bits per heavy atom. The summed E-state index contributed by atoms with van der Waals surface area (Å²) in [6.07, 6.45) is -8.85. The molecule has 2 heterocycles. The molecule has 0 aliphatic carbocycles. The molecular weight excluding hydrogens is 494 g/mol. The molecule has 0 spiro atoms. The second-order valence-corrected chi connectivity index (χ2v) is 7.70. The minimum absolute atomic E-state index is 0.0941. The van der Waals surface area contributed by atoms with E-state index in [2.05, 4.69) is 14.7 Å². The topological polar surface area (TPSA) is 84.4 Å². The van der Waals surface area contributed by atoms with Gasteiger partial charge in [-0.2, -0.15) is 13.2 Å². The number of alkyl halides is 6. The van der Waals surface area contributed by atoms with E-state index in [9.17, 15) is 31.1 Å². The van der Waals surface area contributed by atoms with Crippen LogP contribution in [0, 0.1) is 0 Å². The highest BCUT2D eigenvalue weighted by Crippen LogP contribution is 2.35. The lowest BCUT2D eigenvalue weighted by Gasteiger charge is -2.15. The first-order valence-electron chi connectivity index (χ1n) is 10.3. The van der Waals surface area contributed by atoms with Crippen LogP contribution >= 0.6 is 0 Å². The van der Waals surface area contributed by atoms with Gasteiger partial charge in [-0.3, -0.25) is 9.78 Å². The Labute approximate surface area is 199 Å². The summed E-state index contributed by atoms with van der Waals surface area (Å²) in [6, 6.07) is 11.5. The Balaban J connectivity index is 1.54. The SMILES string of the molecule is O=C(O)Cc1cc2ccc(OCc3cnc(-c4ccc(OC(F)(F)F)cc4)cc3C(F)(F)F)cc2[nH]1. The van der Waals surface area contributed by atoms with Gasteiger partial charge in [0.15, 0.2) is 0 Å². The molecule has 0 atom stereocenters. The molecule has 0 fully saturated rings. The van der Waals surface area contributed by atoms with E-state index in [1.54, 1.807) is 24.3 Å². The van der Waals surface area contributed by atoms with Gasteiger partial charge in [-0.15, -0.1) is 13.2 Å². The van der Waals surface area contributed by atoms with Gasteiger partial charge >= 0.3 is 18.5 Å². The molecule has 0 saturated carbocycles. The van der Waals surface area contributed by atoms with E-state index in [1.165, 1.54) is 12.1 Å². The highest BCUT2D eigenvalue weighted by molar-refractivity contribution is 5.83. The van der Waals surface area contributed by atoms with Crippen LogP contribution in [0.4, 0.5) is 26.3 Å². The number of carboxylic acid groups (broad SMARTS) is 1. The maximum atomic E-state index is 13.8. The van der Waals surface area contributed by atoms with Gasteiger partial charge in [0, 0.05) is 34.6 Å². The summed E-state index contributed by atoms with van der Waals surface area (Å²) in [7, 11) is 0. The number of carbonyl (C=O) groups is 1. The van der Waals surface area contributed by atoms with E-state index < -0.39 is 36.4 Å². The number of H-pyrrole nitrogens is 1. The first-order chi connectivity index (χ1) is 16.9. The molecule has 4 aromatic rings. The Hall–Kier alpha value is -4.22. The van der Waals surface area contributed by atoms with Crippen LogP contribution in [0.1, 0.15) is 16.8 Å². The number of aromatic amines is 1. The predicted molar refractivity (Wildman–Crippen MR) is 115 cm³/mol. The molecule has 0 aliphatic rings. The number of hydrogen-bond acceptors (Lipinski definition) is 4. The maximum absolute atomic E-state index is 13.8. The summed E-state index contributed by atoms with van der Waals surface area (Å²) < 4.78 is 87.5. The highest BCUT2D eigenvalue weighted by Gasteiger charge is 2.34. The van der Waals surface area contributed by atoms with Crippen molar-refractivity contribution >= 4 is 16.9 Å². The van der Waals surface area contributed by atoms with Crippen molar-refractivity contribution in [3.63, 3.8) is 0 Å². The van der Waals surface area contributed by atoms with Gasteiger partial charge in [0.05, 0.1) is 17.7 Å². The minimum atomic E-state index is -4.89. The molecule has 6 nitrogen and oxygen atoms in total. The first kappa shape index (κ1) is 24.9. The number of aromatic nitrogens is 2. The Bertz CT molecular complexity index is 1390. The third-order valence-corrected chi connectivity index (χ3v) is 5.06. The van der Waals surface area contributed by atoms with Crippen LogP contribution in [0.15, 0.2) is 60.8 Å². The first-order valence-corrected chi connectivity index (χ1v) is 10.3. The van der Waals surface area contributed by atoms with Crippen molar-refractivity contribution in [3.8, 4) is 22.8 Å². The molecule has 2 aromatic carbocycles. The molecule has 0 radical (unpaired) electrons. The lowest BCUT2D eigenvalue weighted by atomic mass is 10.0. The summed E-state index contributed by atoms with van der Waals surface area (Å²) in [5.74, 6) is -1.27. The molecule has 188 valence electrons. The summed E-state index contributed by atoms with van der Waals surface area (Å²) in [5.41, 5.74) is -0.160. The van der Waals surface area contributed by atoms with E-state index in [0.717, 1.165) is 24.4 Å². The van der Waals surface area contributed by atoms with Gasteiger partial charge in [-0.1, -0.05) is 0 Å². The molecule has 12 heteroatoms. The van der Waals surface area contributed by atoms with Crippen molar-refractivity contribution in [2.24, 2.45) is 0 Å². The maximum Gasteiger partial charge on any atom is 0.573 e. The number of fused-ring (bicyclic) bond motifs is 1. The fourth-order valence-corrected chi connectivity index (χ4v) is 3.52. The van der Waals surface area contributed by atoms with Gasteiger partial charge in [0.25, 0.3) is 0 Å². The van der Waals surface area contributed by atoms with Crippen molar-refractivity contribution in [1.29, 1.82) is 0 Å². The van der Waals surface area contributed by atoms with Crippen molar-refractivity contribution in [3.05, 3.63) is 77.6 Å². The predicted octanol–water partition coefficient (Wildman–Crippen LogP) is 6.35. The zero-order valence-electron chi connectivity index (χ0n) is 18.1. The Morgan fingerprint density at radius 2 is 1.64 bits per heavy atom. The second-order valence-electron chi connectivity index (χ2n) is 7.70. The third kappa shape index (κ3) is 6.06. The van der Waals surface area contributed by atoms with Crippen molar-refractivity contribution in [2.45, 2.75) is 25.6 Å². The van der Waals surface area contributed by atoms with Gasteiger partial charge < -0.3 is 19.6 Å². The smallest absolute Gasteiger partial charge is 0.489 e. The fraction of sp³-hybridized carbons (Fsp3) is 0.167. The average Bonchev–Trinajstić information content (AvgIpc) is 3.17. The molecule has 36 heavy (non-hydrogen) atoms. The number of halogens is 6. The summed E-state index contributed by atoms with van der Waals surface area (Å²) >= 11 is 0. The highest BCUT2D eigenvalue weighted by atomic mass is 19.4. The standard InChI is InChI=1S/C24H16F6N2O4/c25-23(26,27)19-10-20(13-1-4-17(5-2-13)36-24(28,29)30)31-11-15(19)12-35-18-6-3-14-7-16(8-22(33)34)32-21(14)9-18/h1-7,9-11,32H,8,12H2,(H,33,34). The van der Waals surface area contributed by atoms with E-state index in [1.807, 2.05) is 0 Å². The Morgan fingerprint density at radius 1 is 0.944 bits per heavy atom. The molecule has 0 bridgehead atoms. The number of nitrogens with one attached hydrogen (secondary N) is 1. The molecule has 0 unspecified atom stereocenters. The number of benzene rings is 2. The van der Waals surface area contributed by atoms with Crippen LogP contribution in [0.25, 0.3) is 22.2 Å². The van der Waals surface area contributed by atoms with Gasteiger partial charge in [-0.25, -0.2) is 0 Å². The second kappa shape index (κ2) is 9.44. The summed E-state index contributed by atoms with van der Waals surface area (Å²) in [6.45, 7) is -0.464. The zero-order valence-corrected chi connectivity index (χ0v) is 18.1. The fourth-order valence-electron chi connectivity index (χ4n) is 3.52. The monoisotopic (exact) mass is 510 g/mol. The number of ether oxygens (including phenoxy) is 2. The largest absolute Gasteiger partial charge is 0.573 e. The molecule has 0 saturated heterocycles. The zero-order chi connectivity index (χ0) is 26.1.